The Balaban J connectivity index is 1.50. The number of fused-ring (bicyclic) bond motifs is 4. The Hall–Kier alpha value is -3.84. The van der Waals surface area contributed by atoms with Gasteiger partial charge in [0.15, 0.2) is 0 Å². The number of carbonyl (C=O) groups is 1. The number of anilines is 2. The lowest BCUT2D eigenvalue weighted by molar-refractivity contribution is -0.132. The summed E-state index contributed by atoms with van der Waals surface area (Å²) in [6.45, 7) is 0.951. The molecular weight excluding hydrogens is 372 g/mol. The van der Waals surface area contributed by atoms with Crippen LogP contribution in [0.15, 0.2) is 66.2 Å². The van der Waals surface area contributed by atoms with Gasteiger partial charge in [0.25, 0.3) is 0 Å². The van der Waals surface area contributed by atoms with Gasteiger partial charge in [0.1, 0.15) is 11.6 Å². The molecule has 0 saturated carbocycles. The van der Waals surface area contributed by atoms with Gasteiger partial charge in [-0.15, -0.1) is 0 Å². The third kappa shape index (κ3) is 3.05. The second-order valence-electron chi connectivity index (χ2n) is 7.79. The van der Waals surface area contributed by atoms with Crippen LogP contribution in [-0.2, 0) is 17.6 Å². The minimum atomic E-state index is -1.20. The molecule has 4 nitrogen and oxygen atoms in total. The predicted molar refractivity (Wildman–Crippen MR) is 118 cm³/mol. The fourth-order valence-corrected chi connectivity index (χ4v) is 4.58. The Morgan fingerprint density at radius 2 is 1.83 bits per heavy atom. The average molecular weight is 392 g/mol. The van der Waals surface area contributed by atoms with E-state index in [1.807, 2.05) is 18.2 Å². The Bertz CT molecular complexity index is 1250. The molecule has 0 radical (unpaired) electrons. The van der Waals surface area contributed by atoms with Crippen LogP contribution in [0.1, 0.15) is 28.7 Å². The van der Waals surface area contributed by atoms with E-state index >= 15 is 0 Å². The molecule has 1 N–H and O–H groups in total. The van der Waals surface area contributed by atoms with Crippen molar-refractivity contribution in [1.82, 2.24) is 0 Å². The smallest absolute Gasteiger partial charge is 0.346 e. The Labute approximate surface area is 175 Å². The number of nitriles is 1. The topological polar surface area (TPSA) is 64.3 Å². The quantitative estimate of drug-likeness (QED) is 0.378. The molecule has 0 amide bonds. The molecule has 2 aliphatic rings. The molecule has 1 heterocycles. The van der Waals surface area contributed by atoms with Gasteiger partial charge in [-0.25, -0.2) is 4.79 Å². The highest BCUT2D eigenvalue weighted by Gasteiger charge is 2.22. The minimum absolute atomic E-state index is 0.249. The number of aryl methyl sites for hydroxylation is 1. The predicted octanol–water partition coefficient (Wildman–Crippen LogP) is 5.33. The van der Waals surface area contributed by atoms with Crippen molar-refractivity contribution in [3.05, 3.63) is 88.5 Å². The molecule has 30 heavy (non-hydrogen) atoms. The van der Waals surface area contributed by atoms with Crippen molar-refractivity contribution < 1.29 is 9.90 Å². The van der Waals surface area contributed by atoms with E-state index in [0.29, 0.717) is 0 Å². The van der Waals surface area contributed by atoms with Crippen molar-refractivity contribution in [1.29, 1.82) is 5.26 Å². The monoisotopic (exact) mass is 392 g/mol. The van der Waals surface area contributed by atoms with Gasteiger partial charge in [-0.05, 0) is 83.0 Å². The van der Waals surface area contributed by atoms with E-state index in [4.69, 9.17) is 10.4 Å². The molecule has 0 spiro atoms. The molecule has 0 unspecified atom stereocenters. The van der Waals surface area contributed by atoms with Crippen molar-refractivity contribution in [3.8, 4) is 17.2 Å². The molecule has 3 aromatic carbocycles. The Kier molecular flexibility index (Phi) is 4.37. The lowest BCUT2D eigenvalue weighted by Crippen LogP contribution is -2.24. The van der Waals surface area contributed by atoms with Gasteiger partial charge in [0, 0.05) is 17.9 Å². The van der Waals surface area contributed by atoms with Crippen molar-refractivity contribution in [2.45, 2.75) is 19.3 Å². The van der Waals surface area contributed by atoms with Crippen LogP contribution in [0.25, 0.3) is 17.2 Å². The van der Waals surface area contributed by atoms with E-state index in [-0.39, 0.29) is 5.57 Å². The first-order valence-corrected chi connectivity index (χ1v) is 10.1. The zero-order valence-corrected chi connectivity index (χ0v) is 16.4. The summed E-state index contributed by atoms with van der Waals surface area (Å²) in [6.07, 6.45) is 4.38. The van der Waals surface area contributed by atoms with Crippen molar-refractivity contribution >= 4 is 23.4 Å². The lowest BCUT2D eigenvalue weighted by atomic mass is 9.97. The molecular formula is C26H20N2O2. The van der Waals surface area contributed by atoms with Crippen LogP contribution in [0.5, 0.6) is 0 Å². The molecule has 1 aliphatic carbocycles. The standard InChI is InChI=1S/C26H20N2O2/c27-16-21(26(29)30)13-17-7-10-25-19(12-17)5-3-11-28(25)22-8-9-24-20(15-22)14-18-4-1-2-6-23(18)24/h1-2,4,6-10,12-13,15H,3,5,11,14H2,(H,29,30). The highest BCUT2D eigenvalue weighted by Crippen LogP contribution is 2.41. The Morgan fingerprint density at radius 1 is 1.00 bits per heavy atom. The van der Waals surface area contributed by atoms with Crippen molar-refractivity contribution in [3.63, 3.8) is 0 Å². The van der Waals surface area contributed by atoms with Gasteiger partial charge < -0.3 is 10.0 Å². The molecule has 1 aliphatic heterocycles. The number of hydrogen-bond donors (Lipinski definition) is 1. The van der Waals surface area contributed by atoms with E-state index in [2.05, 4.69) is 47.4 Å². The van der Waals surface area contributed by atoms with Gasteiger partial charge in [0.05, 0.1) is 0 Å². The van der Waals surface area contributed by atoms with Gasteiger partial charge in [-0.3, -0.25) is 0 Å². The number of nitrogens with zero attached hydrogens (tertiary/aromatic N) is 2. The van der Waals surface area contributed by atoms with E-state index in [9.17, 15) is 4.79 Å². The van der Waals surface area contributed by atoms with Crippen LogP contribution in [-0.4, -0.2) is 17.6 Å². The van der Waals surface area contributed by atoms with Crippen LogP contribution in [0.2, 0.25) is 0 Å². The number of benzene rings is 3. The first-order valence-electron chi connectivity index (χ1n) is 10.1. The van der Waals surface area contributed by atoms with E-state index < -0.39 is 5.97 Å². The SMILES string of the molecule is N#CC(=Cc1ccc2c(c1)CCCN2c1ccc2c(c1)Cc1ccccc1-2)C(=O)O. The maximum Gasteiger partial charge on any atom is 0.346 e. The van der Waals surface area contributed by atoms with Crippen molar-refractivity contribution in [2.24, 2.45) is 0 Å². The number of carboxylic acid groups (broad SMARTS) is 1. The van der Waals surface area contributed by atoms with Crippen LogP contribution in [0.4, 0.5) is 11.4 Å². The third-order valence-corrected chi connectivity index (χ3v) is 5.97. The third-order valence-electron chi connectivity index (χ3n) is 5.97. The highest BCUT2D eigenvalue weighted by molar-refractivity contribution is 5.96. The van der Waals surface area contributed by atoms with E-state index in [1.54, 1.807) is 6.07 Å². The summed E-state index contributed by atoms with van der Waals surface area (Å²) in [6, 6.07) is 23.0. The average Bonchev–Trinajstić information content (AvgIpc) is 3.14. The van der Waals surface area contributed by atoms with E-state index in [1.165, 1.54) is 39.6 Å². The molecule has 4 heteroatoms. The zero-order valence-electron chi connectivity index (χ0n) is 16.4. The summed E-state index contributed by atoms with van der Waals surface area (Å²) in [7, 11) is 0. The molecule has 5 rings (SSSR count). The molecule has 0 fully saturated rings. The summed E-state index contributed by atoms with van der Waals surface area (Å²) >= 11 is 0. The van der Waals surface area contributed by atoms with Gasteiger partial charge in [-0.2, -0.15) is 5.26 Å². The maximum atomic E-state index is 11.1. The fraction of sp³-hybridized carbons (Fsp3) is 0.154. The number of hydrogen-bond acceptors (Lipinski definition) is 3. The van der Waals surface area contributed by atoms with Gasteiger partial charge in [-0.1, -0.05) is 36.4 Å². The van der Waals surface area contributed by atoms with Crippen molar-refractivity contribution in [2.75, 3.05) is 11.4 Å². The summed E-state index contributed by atoms with van der Waals surface area (Å²) in [5.41, 5.74) is 9.43. The molecule has 0 atom stereocenters. The van der Waals surface area contributed by atoms with Crippen LogP contribution in [0.3, 0.4) is 0 Å². The fourth-order valence-electron chi connectivity index (χ4n) is 4.58. The van der Waals surface area contributed by atoms with Crippen LogP contribution >= 0.6 is 0 Å². The second kappa shape index (κ2) is 7.20. The van der Waals surface area contributed by atoms with Gasteiger partial charge >= 0.3 is 5.97 Å². The number of aliphatic carboxylic acids is 1. The summed E-state index contributed by atoms with van der Waals surface area (Å²) in [4.78, 5) is 13.5. The lowest BCUT2D eigenvalue weighted by Gasteiger charge is -2.32. The Morgan fingerprint density at radius 3 is 2.67 bits per heavy atom. The van der Waals surface area contributed by atoms with Crippen LogP contribution in [0, 0.1) is 11.3 Å². The normalized spacial score (nSPS) is 14.5. The summed E-state index contributed by atoms with van der Waals surface area (Å²) in [5, 5.41) is 18.1. The zero-order chi connectivity index (χ0) is 20.7. The number of carboxylic acids is 1. The molecule has 0 aromatic heterocycles. The molecule has 0 bridgehead atoms. The molecule has 0 saturated heterocycles. The minimum Gasteiger partial charge on any atom is -0.477 e. The first kappa shape index (κ1) is 18.2. The summed E-state index contributed by atoms with van der Waals surface area (Å²) < 4.78 is 0. The highest BCUT2D eigenvalue weighted by atomic mass is 16.4. The molecule has 146 valence electrons. The molecule has 3 aromatic rings. The maximum absolute atomic E-state index is 11.1. The second-order valence-corrected chi connectivity index (χ2v) is 7.79. The number of rotatable bonds is 3. The van der Waals surface area contributed by atoms with Gasteiger partial charge in [0.2, 0.25) is 0 Å². The first-order chi connectivity index (χ1) is 14.6. The summed E-state index contributed by atoms with van der Waals surface area (Å²) in [5.74, 6) is -1.20. The van der Waals surface area contributed by atoms with Crippen LogP contribution < -0.4 is 4.90 Å². The van der Waals surface area contributed by atoms with E-state index in [0.717, 1.165) is 37.1 Å². The largest absolute Gasteiger partial charge is 0.477 e.